The lowest BCUT2D eigenvalue weighted by Crippen LogP contribution is -2.22. The summed E-state index contributed by atoms with van der Waals surface area (Å²) in [5.41, 5.74) is 0. The molecule has 13 heavy (non-hydrogen) atoms. The van der Waals surface area contributed by atoms with Gasteiger partial charge in [-0.2, -0.15) is 0 Å². The van der Waals surface area contributed by atoms with Gasteiger partial charge in [-0.15, -0.1) is 0 Å². The molecule has 0 amide bonds. The van der Waals surface area contributed by atoms with Crippen molar-refractivity contribution in [1.29, 1.82) is 0 Å². The van der Waals surface area contributed by atoms with Gasteiger partial charge in [0.2, 0.25) is 0 Å². The summed E-state index contributed by atoms with van der Waals surface area (Å²) >= 11 is 0. The third-order valence-corrected chi connectivity index (χ3v) is 1.94. The monoisotopic (exact) mass is 186 g/mol. The van der Waals surface area contributed by atoms with Crippen molar-refractivity contribution >= 4 is 7.12 Å². The van der Waals surface area contributed by atoms with E-state index >= 15 is 0 Å². The van der Waals surface area contributed by atoms with E-state index in [4.69, 9.17) is 9.31 Å². The van der Waals surface area contributed by atoms with Crippen molar-refractivity contribution < 1.29 is 9.31 Å². The average molecular weight is 186 g/mol. The number of unbranched alkanes of at least 4 members (excludes halogenated alkanes) is 2. The Hall–Kier alpha value is -0.0151. The molecule has 3 heteroatoms. The fourth-order valence-electron chi connectivity index (χ4n) is 1.00. The predicted molar refractivity (Wildman–Crippen MR) is 58.0 cm³/mol. The smallest absolute Gasteiger partial charge is 0.411 e. The van der Waals surface area contributed by atoms with Gasteiger partial charge in [-0.1, -0.05) is 33.6 Å². The maximum absolute atomic E-state index is 5.56. The second-order valence-corrected chi connectivity index (χ2v) is 3.29. The van der Waals surface area contributed by atoms with E-state index in [1.54, 1.807) is 0 Å². The van der Waals surface area contributed by atoms with Gasteiger partial charge in [0.05, 0.1) is 0 Å². The minimum absolute atomic E-state index is 0.0260. The molecule has 0 aliphatic rings. The van der Waals surface area contributed by atoms with Crippen molar-refractivity contribution in [3.63, 3.8) is 0 Å². The van der Waals surface area contributed by atoms with Crippen LogP contribution in [0.4, 0.5) is 0 Å². The molecule has 2 nitrogen and oxygen atoms in total. The van der Waals surface area contributed by atoms with Crippen molar-refractivity contribution in [1.82, 2.24) is 0 Å². The molecule has 0 saturated heterocycles. The van der Waals surface area contributed by atoms with Crippen LogP contribution in [0.3, 0.4) is 0 Å². The van der Waals surface area contributed by atoms with Crippen LogP contribution in [0.15, 0.2) is 0 Å². The van der Waals surface area contributed by atoms with Gasteiger partial charge in [0.25, 0.3) is 0 Å². The zero-order valence-corrected chi connectivity index (χ0v) is 9.34. The van der Waals surface area contributed by atoms with Crippen molar-refractivity contribution in [3.8, 4) is 0 Å². The van der Waals surface area contributed by atoms with Gasteiger partial charge in [0, 0.05) is 13.2 Å². The highest BCUT2D eigenvalue weighted by Gasteiger charge is 2.13. The molecule has 0 aliphatic heterocycles. The highest BCUT2D eigenvalue weighted by Crippen LogP contribution is 2.00. The van der Waals surface area contributed by atoms with E-state index in [-0.39, 0.29) is 7.12 Å². The predicted octanol–water partition coefficient (Wildman–Crippen LogP) is 3.13. The molecule has 0 aliphatic carbocycles. The Balaban J connectivity index is 3.28. The van der Waals surface area contributed by atoms with Crippen LogP contribution in [0, 0.1) is 0 Å². The first-order valence-electron chi connectivity index (χ1n) is 5.58. The van der Waals surface area contributed by atoms with E-state index in [0.29, 0.717) is 0 Å². The highest BCUT2D eigenvalue weighted by atomic mass is 16.6. The standard InChI is InChI=1S/C10H23BO2/c1-4-7-9-12-11(6-3)13-10-8-5-2/h4-10H2,1-3H3. The van der Waals surface area contributed by atoms with Crippen LogP contribution in [0.25, 0.3) is 0 Å². The zero-order valence-electron chi connectivity index (χ0n) is 9.34. The Labute approximate surface area is 83.1 Å². The molecule has 0 spiro atoms. The Morgan fingerprint density at radius 2 is 1.31 bits per heavy atom. The van der Waals surface area contributed by atoms with E-state index in [1.807, 2.05) is 0 Å². The first kappa shape index (κ1) is 13.0. The molecular weight excluding hydrogens is 163 g/mol. The maximum atomic E-state index is 5.56. The van der Waals surface area contributed by atoms with E-state index in [2.05, 4.69) is 20.8 Å². The SMILES string of the molecule is CCCCOB(CC)OCCCC. The van der Waals surface area contributed by atoms with Crippen LogP contribution in [0.1, 0.15) is 46.5 Å². The largest absolute Gasteiger partial charge is 0.456 e. The molecule has 0 atom stereocenters. The van der Waals surface area contributed by atoms with Crippen molar-refractivity contribution in [2.45, 2.75) is 52.8 Å². The van der Waals surface area contributed by atoms with Crippen molar-refractivity contribution in [2.75, 3.05) is 13.2 Å². The minimum atomic E-state index is 0.0260. The summed E-state index contributed by atoms with van der Waals surface area (Å²) in [4.78, 5) is 0. The van der Waals surface area contributed by atoms with E-state index in [9.17, 15) is 0 Å². The zero-order chi connectivity index (χ0) is 9.94. The normalized spacial score (nSPS) is 10.4. The van der Waals surface area contributed by atoms with Crippen LogP contribution in [0.2, 0.25) is 6.32 Å². The number of rotatable bonds is 9. The summed E-state index contributed by atoms with van der Waals surface area (Å²) in [6.07, 6.45) is 5.59. The molecular formula is C10H23BO2. The van der Waals surface area contributed by atoms with Gasteiger partial charge in [0.1, 0.15) is 0 Å². The first-order chi connectivity index (χ1) is 6.35. The molecule has 0 unspecified atom stereocenters. The Bertz CT molecular complexity index is 88.9. The molecule has 0 radical (unpaired) electrons. The fraction of sp³-hybridized carbons (Fsp3) is 1.00. The first-order valence-corrected chi connectivity index (χ1v) is 5.58. The summed E-state index contributed by atoms with van der Waals surface area (Å²) in [5.74, 6) is 0. The Morgan fingerprint density at radius 3 is 1.62 bits per heavy atom. The van der Waals surface area contributed by atoms with Gasteiger partial charge >= 0.3 is 7.12 Å². The highest BCUT2D eigenvalue weighted by molar-refractivity contribution is 6.44. The van der Waals surface area contributed by atoms with Gasteiger partial charge in [-0.3, -0.25) is 0 Å². The van der Waals surface area contributed by atoms with Crippen molar-refractivity contribution in [3.05, 3.63) is 0 Å². The lowest BCUT2D eigenvalue weighted by atomic mass is 9.86. The molecule has 0 bridgehead atoms. The van der Waals surface area contributed by atoms with Crippen LogP contribution in [0.5, 0.6) is 0 Å². The van der Waals surface area contributed by atoms with Gasteiger partial charge in [0.15, 0.2) is 0 Å². The van der Waals surface area contributed by atoms with E-state index < -0.39 is 0 Å². The summed E-state index contributed by atoms with van der Waals surface area (Å²) in [6, 6.07) is 0. The van der Waals surface area contributed by atoms with Crippen molar-refractivity contribution in [2.24, 2.45) is 0 Å². The number of hydrogen-bond donors (Lipinski definition) is 0. The van der Waals surface area contributed by atoms with Gasteiger partial charge in [-0.05, 0) is 19.2 Å². The lowest BCUT2D eigenvalue weighted by Gasteiger charge is -2.12. The van der Waals surface area contributed by atoms with Gasteiger partial charge in [-0.25, -0.2) is 0 Å². The lowest BCUT2D eigenvalue weighted by molar-refractivity contribution is 0.192. The molecule has 0 saturated carbocycles. The quantitative estimate of drug-likeness (QED) is 0.406. The molecule has 0 aromatic carbocycles. The second kappa shape index (κ2) is 10.1. The summed E-state index contributed by atoms with van der Waals surface area (Å²) in [7, 11) is 0.0260. The van der Waals surface area contributed by atoms with Gasteiger partial charge < -0.3 is 9.31 Å². The number of hydrogen-bond acceptors (Lipinski definition) is 2. The topological polar surface area (TPSA) is 18.5 Å². The molecule has 0 rings (SSSR count). The Kier molecular flexibility index (Phi) is 10.1. The van der Waals surface area contributed by atoms with Crippen LogP contribution in [-0.2, 0) is 9.31 Å². The molecule has 78 valence electrons. The summed E-state index contributed by atoms with van der Waals surface area (Å²) < 4.78 is 11.1. The molecule has 0 heterocycles. The van der Waals surface area contributed by atoms with Crippen LogP contribution >= 0.6 is 0 Å². The third-order valence-electron chi connectivity index (χ3n) is 1.94. The van der Waals surface area contributed by atoms with E-state index in [1.165, 1.54) is 12.8 Å². The minimum Gasteiger partial charge on any atom is -0.411 e. The summed E-state index contributed by atoms with van der Waals surface area (Å²) in [5, 5.41) is 0. The Morgan fingerprint density at radius 1 is 0.846 bits per heavy atom. The fourth-order valence-corrected chi connectivity index (χ4v) is 1.00. The van der Waals surface area contributed by atoms with Crippen LogP contribution in [-0.4, -0.2) is 20.3 Å². The molecule has 0 aromatic rings. The molecule has 0 N–H and O–H groups in total. The third kappa shape index (κ3) is 8.32. The van der Waals surface area contributed by atoms with Crippen LogP contribution < -0.4 is 0 Å². The maximum Gasteiger partial charge on any atom is 0.456 e. The molecule has 0 aromatic heterocycles. The molecule has 0 fully saturated rings. The average Bonchev–Trinajstić information content (AvgIpc) is 2.16. The second-order valence-electron chi connectivity index (χ2n) is 3.29. The summed E-state index contributed by atoms with van der Waals surface area (Å²) in [6.45, 7) is 8.11. The van der Waals surface area contributed by atoms with E-state index in [0.717, 1.165) is 32.4 Å².